The van der Waals surface area contributed by atoms with E-state index in [4.69, 9.17) is 4.74 Å². The Hall–Kier alpha value is -2.37. The highest BCUT2D eigenvalue weighted by Crippen LogP contribution is 2.29. The number of ketones is 2. The number of carbonyl (C=O) groups is 3. The third-order valence-electron chi connectivity index (χ3n) is 3.54. The van der Waals surface area contributed by atoms with E-state index in [1.165, 1.54) is 13.0 Å². The van der Waals surface area contributed by atoms with Crippen molar-refractivity contribution in [3.8, 4) is 11.5 Å². The van der Waals surface area contributed by atoms with Gasteiger partial charge in [0.15, 0.2) is 5.78 Å². The van der Waals surface area contributed by atoms with E-state index < -0.39 is 5.97 Å². The second-order valence-electron chi connectivity index (χ2n) is 5.67. The highest BCUT2D eigenvalue weighted by Gasteiger charge is 2.20. The summed E-state index contributed by atoms with van der Waals surface area (Å²) in [6.45, 7) is 3.41. The standard InChI is InChI=1S/C18H24O6/c1-3-24-17(23)10-13-9-14(20)11-16(22)18(13)15(21)8-6-4-5-7-12(2)19/h9,11,20,22H,3-8,10H2,1-2H3. The molecule has 0 atom stereocenters. The molecule has 0 spiro atoms. The zero-order chi connectivity index (χ0) is 18.1. The third kappa shape index (κ3) is 6.40. The van der Waals surface area contributed by atoms with E-state index in [0.29, 0.717) is 12.8 Å². The predicted octanol–water partition coefficient (Wildman–Crippen LogP) is 2.93. The fraction of sp³-hybridized carbons (Fsp3) is 0.500. The van der Waals surface area contributed by atoms with Crippen LogP contribution >= 0.6 is 0 Å². The van der Waals surface area contributed by atoms with Crippen molar-refractivity contribution in [1.29, 1.82) is 0 Å². The van der Waals surface area contributed by atoms with Crippen LogP contribution in [-0.2, 0) is 20.7 Å². The molecule has 0 fully saturated rings. The molecule has 24 heavy (non-hydrogen) atoms. The monoisotopic (exact) mass is 336 g/mol. The van der Waals surface area contributed by atoms with Crippen molar-refractivity contribution >= 4 is 17.5 Å². The fourth-order valence-corrected chi connectivity index (χ4v) is 2.46. The summed E-state index contributed by atoms with van der Waals surface area (Å²) in [5.74, 6) is -1.27. The Labute approximate surface area is 141 Å². The quantitative estimate of drug-likeness (QED) is 0.387. The number of phenols is 2. The van der Waals surface area contributed by atoms with E-state index in [1.807, 2.05) is 0 Å². The molecule has 1 rings (SSSR count). The Morgan fingerprint density at radius 1 is 1.04 bits per heavy atom. The van der Waals surface area contributed by atoms with Crippen molar-refractivity contribution in [2.45, 2.75) is 52.4 Å². The molecule has 0 amide bonds. The molecule has 1 aromatic rings. The van der Waals surface area contributed by atoms with Crippen molar-refractivity contribution in [2.24, 2.45) is 0 Å². The minimum atomic E-state index is -0.530. The van der Waals surface area contributed by atoms with Gasteiger partial charge in [0.2, 0.25) is 0 Å². The van der Waals surface area contributed by atoms with Crippen LogP contribution in [0.5, 0.6) is 11.5 Å². The molecule has 0 aromatic heterocycles. The molecule has 0 bridgehead atoms. The number of phenolic OH excluding ortho intramolecular Hbond substituents is 2. The predicted molar refractivity (Wildman–Crippen MR) is 88.2 cm³/mol. The number of aromatic hydroxyl groups is 2. The summed E-state index contributed by atoms with van der Waals surface area (Å²) in [6, 6.07) is 2.37. The van der Waals surface area contributed by atoms with Crippen LogP contribution < -0.4 is 0 Å². The van der Waals surface area contributed by atoms with Gasteiger partial charge in [-0.1, -0.05) is 6.42 Å². The molecule has 0 saturated heterocycles. The van der Waals surface area contributed by atoms with Gasteiger partial charge in [-0.15, -0.1) is 0 Å². The largest absolute Gasteiger partial charge is 0.508 e. The van der Waals surface area contributed by atoms with Crippen molar-refractivity contribution in [3.63, 3.8) is 0 Å². The first kappa shape index (κ1) is 19.7. The summed E-state index contributed by atoms with van der Waals surface area (Å²) in [4.78, 5) is 34.9. The second-order valence-corrected chi connectivity index (χ2v) is 5.67. The summed E-state index contributed by atoms with van der Waals surface area (Å²) in [7, 11) is 0. The van der Waals surface area contributed by atoms with Crippen molar-refractivity contribution in [3.05, 3.63) is 23.3 Å². The lowest BCUT2D eigenvalue weighted by Crippen LogP contribution is -2.12. The number of unbranched alkanes of at least 4 members (excludes halogenated alkanes) is 2. The van der Waals surface area contributed by atoms with Crippen LogP contribution in [0.1, 0.15) is 61.9 Å². The van der Waals surface area contributed by atoms with Gasteiger partial charge in [0, 0.05) is 18.9 Å². The molecule has 2 N–H and O–H groups in total. The number of rotatable bonds is 10. The molecule has 0 saturated carbocycles. The highest BCUT2D eigenvalue weighted by molar-refractivity contribution is 6.01. The number of esters is 1. The summed E-state index contributed by atoms with van der Waals surface area (Å²) in [6.07, 6.45) is 2.54. The molecular formula is C18H24O6. The summed E-state index contributed by atoms with van der Waals surface area (Å²) in [5, 5.41) is 19.6. The van der Waals surface area contributed by atoms with Gasteiger partial charge in [0.25, 0.3) is 0 Å². The highest BCUT2D eigenvalue weighted by atomic mass is 16.5. The zero-order valence-electron chi connectivity index (χ0n) is 14.1. The first-order chi connectivity index (χ1) is 11.3. The van der Waals surface area contributed by atoms with Gasteiger partial charge in [0.05, 0.1) is 18.6 Å². The number of Topliss-reactive ketones (excluding diaryl/α,β-unsaturated/α-hetero) is 2. The van der Waals surface area contributed by atoms with Crippen LogP contribution in [0.15, 0.2) is 12.1 Å². The molecule has 6 heteroatoms. The Morgan fingerprint density at radius 3 is 2.33 bits per heavy atom. The SMILES string of the molecule is CCOC(=O)Cc1cc(O)cc(O)c1C(=O)CCCCCC(C)=O. The van der Waals surface area contributed by atoms with Gasteiger partial charge < -0.3 is 19.7 Å². The number of carbonyl (C=O) groups excluding carboxylic acids is 3. The van der Waals surface area contributed by atoms with Gasteiger partial charge in [-0.2, -0.15) is 0 Å². The summed E-state index contributed by atoms with van der Waals surface area (Å²) < 4.78 is 4.85. The van der Waals surface area contributed by atoms with Crippen LogP contribution in [-0.4, -0.2) is 34.4 Å². The minimum Gasteiger partial charge on any atom is -0.508 e. The topological polar surface area (TPSA) is 101 Å². The Balaban J connectivity index is 2.78. The van der Waals surface area contributed by atoms with Gasteiger partial charge in [-0.3, -0.25) is 9.59 Å². The van der Waals surface area contributed by atoms with Gasteiger partial charge in [0.1, 0.15) is 17.3 Å². The molecule has 0 aliphatic carbocycles. The Morgan fingerprint density at radius 2 is 1.71 bits per heavy atom. The lowest BCUT2D eigenvalue weighted by Gasteiger charge is -2.11. The summed E-state index contributed by atoms with van der Waals surface area (Å²) >= 11 is 0. The molecule has 0 aliphatic heterocycles. The van der Waals surface area contributed by atoms with E-state index in [9.17, 15) is 24.6 Å². The number of ether oxygens (including phenoxy) is 1. The third-order valence-corrected chi connectivity index (χ3v) is 3.54. The number of hydrogen-bond acceptors (Lipinski definition) is 6. The van der Waals surface area contributed by atoms with Crippen molar-refractivity contribution in [2.75, 3.05) is 6.61 Å². The molecule has 0 unspecified atom stereocenters. The lowest BCUT2D eigenvalue weighted by atomic mass is 9.96. The van der Waals surface area contributed by atoms with Gasteiger partial charge >= 0.3 is 5.97 Å². The van der Waals surface area contributed by atoms with Crippen LogP contribution in [0, 0.1) is 0 Å². The van der Waals surface area contributed by atoms with Gasteiger partial charge in [-0.05, 0) is 38.3 Å². The average molecular weight is 336 g/mol. The number of benzene rings is 1. The average Bonchev–Trinajstić information content (AvgIpc) is 2.45. The lowest BCUT2D eigenvalue weighted by molar-refractivity contribution is -0.142. The van der Waals surface area contributed by atoms with Crippen molar-refractivity contribution in [1.82, 2.24) is 0 Å². The summed E-state index contributed by atoms with van der Waals surface area (Å²) in [5.41, 5.74) is 0.298. The Kier molecular flexibility index (Phi) is 7.95. The molecular weight excluding hydrogens is 312 g/mol. The molecule has 0 aliphatic rings. The van der Waals surface area contributed by atoms with E-state index in [1.54, 1.807) is 6.92 Å². The molecule has 0 heterocycles. The maximum absolute atomic E-state index is 12.4. The van der Waals surface area contributed by atoms with Gasteiger partial charge in [-0.25, -0.2) is 0 Å². The molecule has 6 nitrogen and oxygen atoms in total. The number of hydrogen-bond donors (Lipinski definition) is 2. The van der Waals surface area contributed by atoms with Crippen LogP contribution in [0.4, 0.5) is 0 Å². The smallest absolute Gasteiger partial charge is 0.310 e. The van der Waals surface area contributed by atoms with Crippen LogP contribution in [0.25, 0.3) is 0 Å². The maximum atomic E-state index is 12.4. The van der Waals surface area contributed by atoms with E-state index >= 15 is 0 Å². The second kappa shape index (κ2) is 9.70. The first-order valence-corrected chi connectivity index (χ1v) is 8.08. The maximum Gasteiger partial charge on any atom is 0.310 e. The van der Waals surface area contributed by atoms with Crippen molar-refractivity contribution < 1.29 is 29.3 Å². The fourth-order valence-electron chi connectivity index (χ4n) is 2.46. The van der Waals surface area contributed by atoms with E-state index in [0.717, 1.165) is 18.9 Å². The molecule has 132 valence electrons. The zero-order valence-corrected chi connectivity index (χ0v) is 14.1. The Bertz CT molecular complexity index is 606. The van der Waals surface area contributed by atoms with Crippen LogP contribution in [0.3, 0.4) is 0 Å². The van der Waals surface area contributed by atoms with E-state index in [2.05, 4.69) is 0 Å². The molecule has 1 aromatic carbocycles. The molecule has 0 radical (unpaired) electrons. The van der Waals surface area contributed by atoms with Crippen LogP contribution in [0.2, 0.25) is 0 Å². The minimum absolute atomic E-state index is 0.0485. The van der Waals surface area contributed by atoms with E-state index in [-0.39, 0.29) is 53.6 Å². The normalized spacial score (nSPS) is 10.4. The first-order valence-electron chi connectivity index (χ1n) is 8.08.